The number of anilines is 1. The molecule has 0 bridgehead atoms. The van der Waals surface area contributed by atoms with E-state index in [9.17, 15) is 0 Å². The number of para-hydroxylation sites is 1. The summed E-state index contributed by atoms with van der Waals surface area (Å²) in [5.74, 6) is 0. The Bertz CT molecular complexity index is 455. The van der Waals surface area contributed by atoms with Gasteiger partial charge in [-0.05, 0) is 50.8 Å². The summed E-state index contributed by atoms with van der Waals surface area (Å²) in [4.78, 5) is 4.91. The maximum Gasteiger partial charge on any atom is 0.170 e. The number of nitrogens with one attached hydrogen (secondary N) is 2. The standard InChI is InChI=1S/C16H26N4S/c1-14-6-3-4-7-15(14)18-16(21)17-8-5-9-20-12-10-19(2)11-13-20/h3-4,6-7H,5,8-13H2,1-2H3,(H2,17,18,21). The van der Waals surface area contributed by atoms with Crippen molar-refractivity contribution in [2.75, 3.05) is 51.6 Å². The summed E-state index contributed by atoms with van der Waals surface area (Å²) in [6, 6.07) is 8.18. The van der Waals surface area contributed by atoms with Crippen molar-refractivity contribution in [2.24, 2.45) is 0 Å². The first-order chi connectivity index (χ1) is 10.1. The van der Waals surface area contributed by atoms with Crippen molar-refractivity contribution >= 4 is 23.0 Å². The summed E-state index contributed by atoms with van der Waals surface area (Å²) >= 11 is 5.34. The van der Waals surface area contributed by atoms with Crippen molar-refractivity contribution in [3.8, 4) is 0 Å². The molecule has 0 radical (unpaired) electrons. The predicted molar refractivity (Wildman–Crippen MR) is 94.0 cm³/mol. The van der Waals surface area contributed by atoms with Crippen LogP contribution in [0.5, 0.6) is 0 Å². The van der Waals surface area contributed by atoms with Gasteiger partial charge >= 0.3 is 0 Å². The van der Waals surface area contributed by atoms with Gasteiger partial charge in [0.15, 0.2) is 5.11 Å². The molecule has 1 aromatic rings. The third-order valence-corrected chi connectivity index (χ3v) is 4.17. The lowest BCUT2D eigenvalue weighted by molar-refractivity contribution is 0.153. The van der Waals surface area contributed by atoms with E-state index >= 15 is 0 Å². The summed E-state index contributed by atoms with van der Waals surface area (Å²) < 4.78 is 0. The van der Waals surface area contributed by atoms with Gasteiger partial charge < -0.3 is 20.4 Å². The Morgan fingerprint density at radius 1 is 1.19 bits per heavy atom. The Hall–Kier alpha value is -1.17. The van der Waals surface area contributed by atoms with Crippen LogP contribution >= 0.6 is 12.2 Å². The van der Waals surface area contributed by atoms with E-state index in [1.807, 2.05) is 18.2 Å². The predicted octanol–water partition coefficient (Wildman–Crippen LogP) is 1.92. The Balaban J connectivity index is 1.60. The van der Waals surface area contributed by atoms with Crippen LogP contribution in [-0.4, -0.2) is 61.2 Å². The molecule has 0 aromatic heterocycles. The van der Waals surface area contributed by atoms with Crippen LogP contribution in [0.4, 0.5) is 5.69 Å². The Morgan fingerprint density at radius 2 is 1.90 bits per heavy atom. The third kappa shape index (κ3) is 5.61. The third-order valence-electron chi connectivity index (χ3n) is 3.93. The van der Waals surface area contributed by atoms with Crippen LogP contribution in [0.3, 0.4) is 0 Å². The second kappa shape index (κ2) is 8.32. The van der Waals surface area contributed by atoms with Gasteiger partial charge in [-0.25, -0.2) is 0 Å². The van der Waals surface area contributed by atoms with Crippen LogP contribution in [0.2, 0.25) is 0 Å². The number of thiocarbonyl (C=S) groups is 1. The molecule has 1 aliphatic heterocycles. The molecule has 0 amide bonds. The second-order valence-corrected chi connectivity index (χ2v) is 6.10. The molecule has 0 saturated carbocycles. The zero-order valence-corrected chi connectivity index (χ0v) is 13.9. The van der Waals surface area contributed by atoms with Gasteiger partial charge in [-0.3, -0.25) is 0 Å². The second-order valence-electron chi connectivity index (χ2n) is 5.69. The number of rotatable bonds is 5. The van der Waals surface area contributed by atoms with Gasteiger partial charge in [0, 0.05) is 38.4 Å². The van der Waals surface area contributed by atoms with Crippen molar-refractivity contribution in [3.05, 3.63) is 29.8 Å². The van der Waals surface area contributed by atoms with Gasteiger partial charge in [-0.15, -0.1) is 0 Å². The van der Waals surface area contributed by atoms with Gasteiger partial charge in [0.05, 0.1) is 0 Å². The molecule has 4 nitrogen and oxygen atoms in total. The minimum absolute atomic E-state index is 0.711. The van der Waals surface area contributed by atoms with Crippen molar-refractivity contribution < 1.29 is 0 Å². The molecule has 1 aliphatic rings. The van der Waals surface area contributed by atoms with Gasteiger partial charge in [0.2, 0.25) is 0 Å². The number of nitrogens with zero attached hydrogens (tertiary/aromatic N) is 2. The number of likely N-dealkylation sites (N-methyl/N-ethyl adjacent to an activating group) is 1. The van der Waals surface area contributed by atoms with Crippen molar-refractivity contribution in [2.45, 2.75) is 13.3 Å². The molecule has 2 rings (SSSR count). The smallest absolute Gasteiger partial charge is 0.170 e. The van der Waals surface area contributed by atoms with Crippen LogP contribution in [0, 0.1) is 6.92 Å². The first kappa shape index (κ1) is 16.2. The number of hydrogen-bond donors (Lipinski definition) is 2. The Labute approximate surface area is 133 Å². The average Bonchev–Trinajstić information content (AvgIpc) is 2.48. The molecule has 1 aromatic carbocycles. The molecule has 5 heteroatoms. The van der Waals surface area contributed by atoms with E-state index in [1.54, 1.807) is 0 Å². The molecule has 1 heterocycles. The minimum atomic E-state index is 0.711. The molecule has 0 unspecified atom stereocenters. The highest BCUT2D eigenvalue weighted by Crippen LogP contribution is 2.12. The van der Waals surface area contributed by atoms with E-state index in [4.69, 9.17) is 12.2 Å². The zero-order chi connectivity index (χ0) is 15.1. The summed E-state index contributed by atoms with van der Waals surface area (Å²) in [5, 5.41) is 7.26. The molecule has 0 aliphatic carbocycles. The summed E-state index contributed by atoms with van der Waals surface area (Å²) in [5.41, 5.74) is 2.29. The van der Waals surface area contributed by atoms with Crippen LogP contribution in [0.15, 0.2) is 24.3 Å². The Morgan fingerprint density at radius 3 is 2.62 bits per heavy atom. The fourth-order valence-electron chi connectivity index (χ4n) is 2.46. The molecule has 1 saturated heterocycles. The molecule has 0 spiro atoms. The van der Waals surface area contributed by atoms with E-state index in [0.29, 0.717) is 5.11 Å². The number of hydrogen-bond acceptors (Lipinski definition) is 3. The van der Waals surface area contributed by atoms with E-state index in [1.165, 1.54) is 31.7 Å². The number of aryl methyl sites for hydroxylation is 1. The lowest BCUT2D eigenvalue weighted by atomic mass is 10.2. The van der Waals surface area contributed by atoms with Gasteiger partial charge in [-0.2, -0.15) is 0 Å². The average molecular weight is 306 g/mol. The van der Waals surface area contributed by atoms with Crippen molar-refractivity contribution in [1.29, 1.82) is 0 Å². The SMILES string of the molecule is Cc1ccccc1NC(=S)NCCCN1CCN(C)CC1. The highest BCUT2D eigenvalue weighted by Gasteiger charge is 2.12. The maximum atomic E-state index is 5.34. The minimum Gasteiger partial charge on any atom is -0.362 e. The van der Waals surface area contributed by atoms with Crippen molar-refractivity contribution in [3.63, 3.8) is 0 Å². The normalized spacial score (nSPS) is 16.7. The summed E-state index contributed by atoms with van der Waals surface area (Å²) in [7, 11) is 2.19. The van der Waals surface area contributed by atoms with Crippen LogP contribution in [0.25, 0.3) is 0 Å². The van der Waals surface area contributed by atoms with Gasteiger partial charge in [0.25, 0.3) is 0 Å². The van der Waals surface area contributed by atoms with Crippen LogP contribution < -0.4 is 10.6 Å². The fourth-order valence-corrected chi connectivity index (χ4v) is 2.67. The number of piperazine rings is 1. The molecular weight excluding hydrogens is 280 g/mol. The summed E-state index contributed by atoms with van der Waals surface area (Å²) in [6.45, 7) is 8.88. The molecule has 2 N–H and O–H groups in total. The first-order valence-electron chi connectivity index (χ1n) is 7.66. The van der Waals surface area contributed by atoms with E-state index in [2.05, 4.69) is 40.5 Å². The largest absolute Gasteiger partial charge is 0.362 e. The molecule has 21 heavy (non-hydrogen) atoms. The maximum absolute atomic E-state index is 5.34. The molecule has 116 valence electrons. The lowest BCUT2D eigenvalue weighted by Gasteiger charge is -2.32. The monoisotopic (exact) mass is 306 g/mol. The molecular formula is C16H26N4S. The highest BCUT2D eigenvalue weighted by molar-refractivity contribution is 7.80. The van der Waals surface area contributed by atoms with Crippen LogP contribution in [-0.2, 0) is 0 Å². The quantitative estimate of drug-likeness (QED) is 0.641. The van der Waals surface area contributed by atoms with E-state index in [-0.39, 0.29) is 0 Å². The highest BCUT2D eigenvalue weighted by atomic mass is 32.1. The fraction of sp³-hybridized carbons (Fsp3) is 0.562. The molecule has 0 atom stereocenters. The van der Waals surface area contributed by atoms with Crippen LogP contribution in [0.1, 0.15) is 12.0 Å². The lowest BCUT2D eigenvalue weighted by Crippen LogP contribution is -2.45. The number of benzene rings is 1. The first-order valence-corrected chi connectivity index (χ1v) is 8.07. The Kier molecular flexibility index (Phi) is 6.42. The summed E-state index contributed by atoms with van der Waals surface area (Å²) in [6.07, 6.45) is 1.12. The van der Waals surface area contributed by atoms with Crippen molar-refractivity contribution in [1.82, 2.24) is 15.1 Å². The van der Waals surface area contributed by atoms with E-state index < -0.39 is 0 Å². The van der Waals surface area contributed by atoms with Gasteiger partial charge in [-0.1, -0.05) is 18.2 Å². The topological polar surface area (TPSA) is 30.5 Å². The molecule has 1 fully saturated rings. The van der Waals surface area contributed by atoms with Gasteiger partial charge in [0.1, 0.15) is 0 Å². The zero-order valence-electron chi connectivity index (χ0n) is 13.1. The van der Waals surface area contributed by atoms with E-state index in [0.717, 1.165) is 25.2 Å².